The molecular formula is C36H34FN7O4. The highest BCUT2D eigenvalue weighted by atomic mass is 19.1. The second-order valence-electron chi connectivity index (χ2n) is 12.4. The van der Waals surface area contributed by atoms with E-state index in [2.05, 4.69) is 25.5 Å². The van der Waals surface area contributed by atoms with Gasteiger partial charge < -0.3 is 34.7 Å². The van der Waals surface area contributed by atoms with Crippen molar-refractivity contribution in [3.05, 3.63) is 94.2 Å². The molecule has 1 atom stereocenters. The number of carbonyl (C=O) groups excluding carboxylic acids is 2. The number of fused-ring (bicyclic) bond motifs is 3. The molecule has 5 aromatic rings. The molecule has 0 saturated carbocycles. The molecule has 0 bridgehead atoms. The lowest BCUT2D eigenvalue weighted by Crippen LogP contribution is -2.38. The summed E-state index contributed by atoms with van der Waals surface area (Å²) in [6.07, 6.45) is 6.73. The number of carbonyl (C=O) groups is 2. The molecule has 0 aliphatic carbocycles. The van der Waals surface area contributed by atoms with E-state index in [9.17, 15) is 14.4 Å². The van der Waals surface area contributed by atoms with Gasteiger partial charge in [-0.1, -0.05) is 30.3 Å². The Kier molecular flexibility index (Phi) is 7.54. The number of pyridine rings is 1. The maximum absolute atomic E-state index is 16.2. The quantitative estimate of drug-likeness (QED) is 0.203. The Bertz CT molecular complexity index is 2170. The second kappa shape index (κ2) is 12.2. The fraction of sp³-hybridized carbons (Fsp3) is 0.278. The monoisotopic (exact) mass is 647 g/mol. The number of halogens is 1. The third-order valence-corrected chi connectivity index (χ3v) is 9.32. The lowest BCUT2D eigenvalue weighted by atomic mass is 10.1. The van der Waals surface area contributed by atoms with E-state index in [0.717, 1.165) is 36.1 Å². The molecular weight excluding hydrogens is 613 g/mol. The maximum atomic E-state index is 16.2. The zero-order valence-electron chi connectivity index (χ0n) is 26.2. The molecule has 11 nitrogen and oxygen atoms in total. The van der Waals surface area contributed by atoms with Crippen LogP contribution in [0, 0.1) is 5.82 Å². The molecule has 1 fully saturated rings. The molecule has 3 aliphatic heterocycles. The predicted octanol–water partition coefficient (Wildman–Crippen LogP) is 4.12. The van der Waals surface area contributed by atoms with Crippen LogP contribution in [0.3, 0.4) is 0 Å². The van der Waals surface area contributed by atoms with Gasteiger partial charge in [0.2, 0.25) is 11.3 Å². The van der Waals surface area contributed by atoms with Crippen molar-refractivity contribution >= 4 is 45.6 Å². The van der Waals surface area contributed by atoms with Crippen LogP contribution in [0.4, 0.5) is 10.1 Å². The van der Waals surface area contributed by atoms with Crippen LogP contribution in [0.15, 0.2) is 76.8 Å². The average molecular weight is 648 g/mol. The molecule has 1 unspecified atom stereocenters. The zero-order valence-corrected chi connectivity index (χ0v) is 26.2. The van der Waals surface area contributed by atoms with Crippen LogP contribution in [0.2, 0.25) is 0 Å². The summed E-state index contributed by atoms with van der Waals surface area (Å²) in [4.78, 5) is 51.5. The largest absolute Gasteiger partial charge is 0.451 e. The van der Waals surface area contributed by atoms with E-state index in [0.29, 0.717) is 49.4 Å². The number of aromatic amines is 1. The van der Waals surface area contributed by atoms with E-state index in [4.69, 9.17) is 4.74 Å². The lowest BCUT2D eigenvalue weighted by Gasteiger charge is -2.29. The van der Waals surface area contributed by atoms with Crippen molar-refractivity contribution in [2.75, 3.05) is 44.2 Å². The van der Waals surface area contributed by atoms with E-state index in [1.807, 2.05) is 59.9 Å². The fourth-order valence-corrected chi connectivity index (χ4v) is 6.99. The summed E-state index contributed by atoms with van der Waals surface area (Å²) in [5.74, 6) is -0.562. The lowest BCUT2D eigenvalue weighted by molar-refractivity contribution is -0.121. The van der Waals surface area contributed by atoms with Gasteiger partial charge in [0, 0.05) is 62.1 Å². The molecule has 1 saturated heterocycles. The number of para-hydroxylation sites is 3. The number of H-pyrrole nitrogens is 1. The third-order valence-electron chi connectivity index (χ3n) is 9.32. The van der Waals surface area contributed by atoms with E-state index in [-0.39, 0.29) is 40.8 Å². The van der Waals surface area contributed by atoms with E-state index in [1.54, 1.807) is 10.6 Å². The van der Waals surface area contributed by atoms with Crippen LogP contribution in [0.25, 0.3) is 27.5 Å². The second-order valence-corrected chi connectivity index (χ2v) is 12.4. The van der Waals surface area contributed by atoms with Gasteiger partial charge in [0.05, 0.1) is 30.4 Å². The average Bonchev–Trinajstić information content (AvgIpc) is 3.87. The number of benzene rings is 3. The molecule has 0 spiro atoms. The Balaban J connectivity index is 1.06. The van der Waals surface area contributed by atoms with Crippen molar-refractivity contribution in [3.63, 3.8) is 0 Å². The molecule has 8 rings (SSSR count). The van der Waals surface area contributed by atoms with E-state index < -0.39 is 17.2 Å². The molecule has 2 aromatic heterocycles. The SMILES string of the molecule is O=C(Cc1c[nH]c2ccccc12)NC1CCN(c2c(F)cc3c(=O)c(C(=O)NCCCN4C=NCC4)cn4c3c2Oc2ccccc2-4)C1. The van der Waals surface area contributed by atoms with Gasteiger partial charge in [0.25, 0.3) is 5.91 Å². The Morgan fingerprint density at radius 1 is 1.08 bits per heavy atom. The topological polar surface area (TPSA) is 124 Å². The van der Waals surface area contributed by atoms with E-state index in [1.165, 1.54) is 12.3 Å². The number of rotatable bonds is 9. The Morgan fingerprint density at radius 3 is 2.81 bits per heavy atom. The number of ether oxygens (including phenoxy) is 1. The van der Waals surface area contributed by atoms with E-state index >= 15 is 4.39 Å². The first-order chi connectivity index (χ1) is 23.4. The van der Waals surface area contributed by atoms with Crippen molar-refractivity contribution in [3.8, 4) is 17.2 Å². The van der Waals surface area contributed by atoms with Crippen LogP contribution < -0.4 is 25.7 Å². The molecule has 5 heterocycles. The van der Waals surface area contributed by atoms with Gasteiger partial charge in [0.15, 0.2) is 17.3 Å². The molecule has 48 heavy (non-hydrogen) atoms. The molecule has 3 aromatic carbocycles. The smallest absolute Gasteiger partial charge is 0.256 e. The van der Waals surface area contributed by atoms with Gasteiger partial charge in [-0.3, -0.25) is 19.4 Å². The van der Waals surface area contributed by atoms with Crippen LogP contribution in [0.1, 0.15) is 28.8 Å². The fourth-order valence-electron chi connectivity index (χ4n) is 6.99. The first-order valence-electron chi connectivity index (χ1n) is 16.3. The number of nitrogens with zero attached hydrogens (tertiary/aromatic N) is 4. The van der Waals surface area contributed by atoms with Gasteiger partial charge >= 0.3 is 0 Å². The summed E-state index contributed by atoms with van der Waals surface area (Å²) in [5.41, 5.74) is 2.51. The highest BCUT2D eigenvalue weighted by Gasteiger charge is 2.34. The number of anilines is 1. The molecule has 3 aliphatic rings. The number of aliphatic imine (C=N–C) groups is 1. The maximum Gasteiger partial charge on any atom is 0.256 e. The molecule has 2 amide bonds. The molecule has 244 valence electrons. The number of hydrogen-bond acceptors (Lipinski definition) is 7. The highest BCUT2D eigenvalue weighted by Crippen LogP contribution is 2.47. The molecule has 3 N–H and O–H groups in total. The summed E-state index contributed by atoms with van der Waals surface area (Å²) in [6.45, 7) is 3.61. The Hall–Kier alpha value is -5.65. The molecule has 12 heteroatoms. The van der Waals surface area contributed by atoms with Crippen molar-refractivity contribution in [2.45, 2.75) is 25.3 Å². The normalized spacial score (nSPS) is 16.4. The number of hydrogen-bond donors (Lipinski definition) is 3. The van der Waals surface area contributed by atoms with Crippen LogP contribution >= 0.6 is 0 Å². The van der Waals surface area contributed by atoms with Gasteiger partial charge in [-0.25, -0.2) is 4.39 Å². The standard InChI is InChI=1S/C36H34FN7O4/c37-27-17-25-32-35(33(27)43-14-10-23(19-43)41-31(45)16-22-18-40-28-7-2-1-6-24(22)28)48-30-9-4-3-8-29(30)44(32)20-26(34(25)46)36(47)39-11-5-13-42-15-12-38-21-42/h1-4,6-9,17-18,20-21,23,40H,5,10-16,19H2,(H,39,47)(H,41,45). The van der Waals surface area contributed by atoms with Crippen molar-refractivity contribution in [1.29, 1.82) is 0 Å². The summed E-state index contributed by atoms with van der Waals surface area (Å²) in [6, 6.07) is 16.1. The zero-order chi connectivity index (χ0) is 32.8. The first-order valence-corrected chi connectivity index (χ1v) is 16.3. The summed E-state index contributed by atoms with van der Waals surface area (Å²) < 4.78 is 24.3. The first kappa shape index (κ1) is 29.7. The summed E-state index contributed by atoms with van der Waals surface area (Å²) in [5, 5.41) is 7.04. The van der Waals surface area contributed by atoms with Crippen molar-refractivity contribution < 1.29 is 18.7 Å². The minimum absolute atomic E-state index is 0.0597. The third kappa shape index (κ3) is 5.32. The van der Waals surface area contributed by atoms with Crippen molar-refractivity contribution in [2.24, 2.45) is 4.99 Å². The minimum Gasteiger partial charge on any atom is -0.451 e. The van der Waals surface area contributed by atoms with Crippen LogP contribution in [-0.2, 0) is 11.2 Å². The Labute approximate surface area is 275 Å². The Morgan fingerprint density at radius 2 is 1.94 bits per heavy atom. The predicted molar refractivity (Wildman–Crippen MR) is 182 cm³/mol. The molecule has 0 radical (unpaired) electrons. The van der Waals surface area contributed by atoms with Gasteiger partial charge in [-0.15, -0.1) is 0 Å². The number of aromatic nitrogens is 2. The highest BCUT2D eigenvalue weighted by molar-refractivity contribution is 6.01. The summed E-state index contributed by atoms with van der Waals surface area (Å²) in [7, 11) is 0. The number of amides is 2. The summed E-state index contributed by atoms with van der Waals surface area (Å²) >= 11 is 0. The van der Waals surface area contributed by atoms with Gasteiger partial charge in [-0.05, 0) is 42.7 Å². The van der Waals surface area contributed by atoms with Crippen LogP contribution in [0.5, 0.6) is 11.5 Å². The minimum atomic E-state index is -0.629. The van der Waals surface area contributed by atoms with Gasteiger partial charge in [0.1, 0.15) is 16.8 Å². The van der Waals surface area contributed by atoms with Crippen LogP contribution in [-0.4, -0.2) is 77.9 Å². The van der Waals surface area contributed by atoms with Crippen molar-refractivity contribution in [1.82, 2.24) is 25.1 Å². The van der Waals surface area contributed by atoms with Gasteiger partial charge in [-0.2, -0.15) is 0 Å². The number of nitrogens with one attached hydrogen (secondary N) is 3.